The molecule has 1 aliphatic heterocycles. The van der Waals surface area contributed by atoms with Crippen LogP contribution >= 0.6 is 0 Å². The Morgan fingerprint density at radius 2 is 2.14 bits per heavy atom. The van der Waals surface area contributed by atoms with Crippen molar-refractivity contribution in [3.05, 3.63) is 29.6 Å². The van der Waals surface area contributed by atoms with Crippen molar-refractivity contribution in [3.8, 4) is 0 Å². The molecule has 1 aromatic rings. The number of hydrogen-bond acceptors (Lipinski definition) is 3. The Balaban J connectivity index is 2.08. The highest BCUT2D eigenvalue weighted by Crippen LogP contribution is 2.26. The van der Waals surface area contributed by atoms with Gasteiger partial charge in [-0.2, -0.15) is 0 Å². The summed E-state index contributed by atoms with van der Waals surface area (Å²) in [4.78, 5) is 36.2. The number of anilines is 1. The van der Waals surface area contributed by atoms with E-state index in [0.29, 0.717) is 11.3 Å². The molecule has 1 heterocycles. The molecule has 6 nitrogen and oxygen atoms in total. The van der Waals surface area contributed by atoms with E-state index in [1.165, 1.54) is 24.0 Å². The molecule has 0 aliphatic carbocycles. The van der Waals surface area contributed by atoms with Gasteiger partial charge in [0.1, 0.15) is 11.9 Å². The predicted molar refractivity (Wildman–Crippen MR) is 76.8 cm³/mol. The van der Waals surface area contributed by atoms with Crippen molar-refractivity contribution in [2.45, 2.75) is 26.3 Å². The molecular formula is C15H17FN2O4. The molecule has 2 atom stereocenters. The highest BCUT2D eigenvalue weighted by atomic mass is 19.1. The van der Waals surface area contributed by atoms with E-state index in [0.717, 1.165) is 0 Å². The molecule has 2 amide bonds. The summed E-state index contributed by atoms with van der Waals surface area (Å²) < 4.78 is 13.3. The minimum atomic E-state index is -1.14. The number of aryl methyl sites for hydroxylation is 1. The van der Waals surface area contributed by atoms with Gasteiger partial charge in [-0.1, -0.05) is 0 Å². The van der Waals surface area contributed by atoms with Gasteiger partial charge in [-0.3, -0.25) is 14.4 Å². The summed E-state index contributed by atoms with van der Waals surface area (Å²) in [6.45, 7) is 3.11. The minimum Gasteiger partial charge on any atom is -0.480 e. The van der Waals surface area contributed by atoms with Crippen LogP contribution in [0.2, 0.25) is 0 Å². The molecule has 2 rings (SSSR count). The zero-order valence-corrected chi connectivity index (χ0v) is 12.3. The monoisotopic (exact) mass is 308 g/mol. The maximum Gasteiger partial charge on any atom is 0.325 e. The van der Waals surface area contributed by atoms with E-state index in [9.17, 15) is 18.8 Å². The van der Waals surface area contributed by atoms with Gasteiger partial charge in [0.25, 0.3) is 0 Å². The lowest BCUT2D eigenvalue weighted by molar-refractivity contribution is -0.141. The lowest BCUT2D eigenvalue weighted by atomic mass is 10.1. The fourth-order valence-electron chi connectivity index (χ4n) is 2.32. The fraction of sp³-hybridized carbons (Fsp3) is 0.400. The highest BCUT2D eigenvalue weighted by molar-refractivity contribution is 6.00. The Hall–Kier alpha value is -2.44. The molecular weight excluding hydrogens is 291 g/mol. The molecule has 118 valence electrons. The molecule has 1 saturated heterocycles. The minimum absolute atomic E-state index is 0.00853. The van der Waals surface area contributed by atoms with Crippen molar-refractivity contribution in [1.82, 2.24) is 5.32 Å². The first kappa shape index (κ1) is 15.9. The maximum absolute atomic E-state index is 13.3. The van der Waals surface area contributed by atoms with E-state index >= 15 is 0 Å². The van der Waals surface area contributed by atoms with E-state index in [1.807, 2.05) is 0 Å². The second kappa shape index (κ2) is 6.13. The lowest BCUT2D eigenvalue weighted by Crippen LogP contribution is -2.42. The average molecular weight is 308 g/mol. The third-order valence-electron chi connectivity index (χ3n) is 3.68. The highest BCUT2D eigenvalue weighted by Gasteiger charge is 2.36. The molecule has 0 saturated carbocycles. The molecule has 22 heavy (non-hydrogen) atoms. The van der Waals surface area contributed by atoms with Gasteiger partial charge in [0, 0.05) is 18.7 Å². The fourth-order valence-corrected chi connectivity index (χ4v) is 2.32. The zero-order valence-electron chi connectivity index (χ0n) is 12.3. The summed E-state index contributed by atoms with van der Waals surface area (Å²) >= 11 is 0. The Labute approximate surface area is 126 Å². The van der Waals surface area contributed by atoms with E-state index in [4.69, 9.17) is 5.11 Å². The Morgan fingerprint density at radius 1 is 1.45 bits per heavy atom. The average Bonchev–Trinajstić information content (AvgIpc) is 2.84. The van der Waals surface area contributed by atoms with Crippen LogP contribution in [0, 0.1) is 18.7 Å². The first-order valence-corrected chi connectivity index (χ1v) is 6.89. The van der Waals surface area contributed by atoms with Gasteiger partial charge in [0.15, 0.2) is 0 Å². The SMILES string of the molecule is Cc1cc(N2CC(C(=O)N[C@H](C)C(=O)O)CC2=O)ccc1F. The zero-order chi connectivity index (χ0) is 16.4. The third-order valence-corrected chi connectivity index (χ3v) is 3.68. The van der Waals surface area contributed by atoms with Crippen molar-refractivity contribution in [2.24, 2.45) is 5.92 Å². The van der Waals surface area contributed by atoms with Crippen LogP contribution < -0.4 is 10.2 Å². The van der Waals surface area contributed by atoms with Gasteiger partial charge in [-0.15, -0.1) is 0 Å². The number of carboxylic acids is 1. The predicted octanol–water partition coefficient (Wildman–Crippen LogP) is 1.08. The van der Waals surface area contributed by atoms with E-state index < -0.39 is 23.8 Å². The van der Waals surface area contributed by atoms with Gasteiger partial charge in [-0.25, -0.2) is 4.39 Å². The van der Waals surface area contributed by atoms with Crippen LogP contribution in [-0.4, -0.2) is 35.5 Å². The number of amides is 2. The molecule has 0 radical (unpaired) electrons. The molecule has 1 fully saturated rings. The standard InChI is InChI=1S/C15H17FN2O4/c1-8-5-11(3-4-12(8)16)18-7-10(6-13(18)19)14(20)17-9(2)15(21)22/h3-5,9-10H,6-7H2,1-2H3,(H,17,20)(H,21,22)/t9-,10?/m1/s1. The van der Waals surface area contributed by atoms with Gasteiger partial charge in [0.2, 0.25) is 11.8 Å². The maximum atomic E-state index is 13.3. The molecule has 1 aliphatic rings. The van der Waals surface area contributed by atoms with Crippen molar-refractivity contribution >= 4 is 23.5 Å². The number of nitrogens with one attached hydrogen (secondary N) is 1. The Bertz CT molecular complexity index is 632. The number of benzene rings is 1. The number of hydrogen-bond donors (Lipinski definition) is 2. The molecule has 1 aromatic carbocycles. The number of nitrogens with zero attached hydrogens (tertiary/aromatic N) is 1. The first-order chi connectivity index (χ1) is 10.3. The van der Waals surface area contributed by atoms with Crippen LogP contribution in [-0.2, 0) is 14.4 Å². The molecule has 1 unspecified atom stereocenters. The van der Waals surface area contributed by atoms with E-state index in [2.05, 4.69) is 5.32 Å². The normalized spacial score (nSPS) is 19.1. The first-order valence-electron chi connectivity index (χ1n) is 6.89. The van der Waals surface area contributed by atoms with Crippen molar-refractivity contribution < 1.29 is 23.9 Å². The van der Waals surface area contributed by atoms with E-state index in [1.54, 1.807) is 13.0 Å². The summed E-state index contributed by atoms with van der Waals surface area (Å²) in [7, 11) is 0. The second-order valence-electron chi connectivity index (χ2n) is 5.41. The van der Waals surface area contributed by atoms with Crippen molar-refractivity contribution in [1.29, 1.82) is 0 Å². The van der Waals surface area contributed by atoms with Gasteiger partial charge >= 0.3 is 5.97 Å². The van der Waals surface area contributed by atoms with Crippen LogP contribution in [0.4, 0.5) is 10.1 Å². The quantitative estimate of drug-likeness (QED) is 0.871. The van der Waals surface area contributed by atoms with Gasteiger partial charge in [-0.05, 0) is 37.6 Å². The topological polar surface area (TPSA) is 86.7 Å². The second-order valence-corrected chi connectivity index (χ2v) is 5.41. The molecule has 7 heteroatoms. The number of rotatable bonds is 4. The van der Waals surface area contributed by atoms with Crippen LogP contribution in [0.25, 0.3) is 0 Å². The summed E-state index contributed by atoms with van der Waals surface area (Å²) in [6, 6.07) is 3.30. The number of carboxylic acid groups (broad SMARTS) is 1. The van der Waals surface area contributed by atoms with Crippen LogP contribution in [0.5, 0.6) is 0 Å². The summed E-state index contributed by atoms with van der Waals surface area (Å²) in [6.07, 6.45) is 0.00853. The molecule has 0 bridgehead atoms. The van der Waals surface area contributed by atoms with Gasteiger partial charge < -0.3 is 15.3 Å². The van der Waals surface area contributed by atoms with E-state index in [-0.39, 0.29) is 24.7 Å². The Morgan fingerprint density at radius 3 is 2.73 bits per heavy atom. The van der Waals surface area contributed by atoms with Crippen LogP contribution in [0.3, 0.4) is 0 Å². The Kier molecular flexibility index (Phi) is 4.44. The molecule has 2 N–H and O–H groups in total. The number of halogens is 1. The van der Waals surface area contributed by atoms with Crippen molar-refractivity contribution in [3.63, 3.8) is 0 Å². The summed E-state index contributed by atoms with van der Waals surface area (Å²) in [5.41, 5.74) is 0.947. The molecule has 0 aromatic heterocycles. The number of carbonyl (C=O) groups is 3. The third kappa shape index (κ3) is 3.24. The van der Waals surface area contributed by atoms with Gasteiger partial charge in [0.05, 0.1) is 5.92 Å². The summed E-state index contributed by atoms with van der Waals surface area (Å²) in [5, 5.41) is 11.1. The summed E-state index contributed by atoms with van der Waals surface area (Å²) in [5.74, 6) is -2.82. The number of aliphatic carboxylic acids is 1. The van der Waals surface area contributed by atoms with Crippen LogP contribution in [0.15, 0.2) is 18.2 Å². The smallest absolute Gasteiger partial charge is 0.325 e. The molecule has 0 spiro atoms. The number of carbonyl (C=O) groups excluding carboxylic acids is 2. The lowest BCUT2D eigenvalue weighted by Gasteiger charge is -2.18. The van der Waals surface area contributed by atoms with Crippen molar-refractivity contribution in [2.75, 3.05) is 11.4 Å². The van der Waals surface area contributed by atoms with Crippen LogP contribution in [0.1, 0.15) is 18.9 Å². The largest absolute Gasteiger partial charge is 0.480 e.